The first-order valence-electron chi connectivity index (χ1n) is 8.36. The summed E-state index contributed by atoms with van der Waals surface area (Å²) in [5, 5.41) is 6.67. The van der Waals surface area contributed by atoms with Crippen LogP contribution in [0.2, 0.25) is 0 Å². The summed E-state index contributed by atoms with van der Waals surface area (Å²) in [5.41, 5.74) is 3.18. The number of benzene rings is 2. The largest absolute Gasteiger partial charge is 0.381 e. The van der Waals surface area contributed by atoms with Gasteiger partial charge in [-0.15, -0.1) is 0 Å². The minimum absolute atomic E-state index is 0.273. The zero-order valence-electron chi connectivity index (χ0n) is 13.3. The van der Waals surface area contributed by atoms with E-state index in [9.17, 15) is 0 Å². The third-order valence-corrected chi connectivity index (χ3v) is 5.99. The van der Waals surface area contributed by atoms with Gasteiger partial charge in [-0.3, -0.25) is 0 Å². The third kappa shape index (κ3) is 1.90. The predicted octanol–water partition coefficient (Wildman–Crippen LogP) is 5.35. The van der Waals surface area contributed by atoms with Gasteiger partial charge in [0, 0.05) is 17.1 Å². The molecule has 0 saturated heterocycles. The molecule has 1 heterocycles. The van der Waals surface area contributed by atoms with Gasteiger partial charge in [0.25, 0.3) is 0 Å². The Morgan fingerprint density at radius 1 is 1.05 bits per heavy atom. The summed E-state index contributed by atoms with van der Waals surface area (Å²) in [6, 6.07) is 14.1. The fourth-order valence-electron chi connectivity index (χ4n) is 4.75. The van der Waals surface area contributed by atoms with Crippen LogP contribution < -0.4 is 5.32 Å². The molecule has 0 aromatic heterocycles. The Hall–Kier alpha value is -1.50. The Morgan fingerprint density at radius 3 is 2.71 bits per heavy atom. The summed E-state index contributed by atoms with van der Waals surface area (Å²) in [4.78, 5) is 0. The van der Waals surface area contributed by atoms with Crippen molar-refractivity contribution in [2.24, 2.45) is 11.8 Å². The van der Waals surface area contributed by atoms with E-state index in [2.05, 4.69) is 62.5 Å². The average molecular weight is 279 g/mol. The van der Waals surface area contributed by atoms with Gasteiger partial charge in [-0.25, -0.2) is 0 Å². The van der Waals surface area contributed by atoms with Crippen molar-refractivity contribution in [3.63, 3.8) is 0 Å². The van der Waals surface area contributed by atoms with Gasteiger partial charge in [-0.1, -0.05) is 63.6 Å². The Bertz CT molecular complexity index is 685. The third-order valence-electron chi connectivity index (χ3n) is 5.99. The second-order valence-corrected chi connectivity index (χ2v) is 7.71. The summed E-state index contributed by atoms with van der Waals surface area (Å²) >= 11 is 0. The predicted molar refractivity (Wildman–Crippen MR) is 90.9 cm³/mol. The van der Waals surface area contributed by atoms with Crippen molar-refractivity contribution in [3.8, 4) is 0 Å². The highest BCUT2D eigenvalue weighted by Crippen LogP contribution is 2.50. The van der Waals surface area contributed by atoms with E-state index in [1.807, 2.05) is 0 Å². The maximum atomic E-state index is 3.93. The van der Waals surface area contributed by atoms with Crippen LogP contribution in [0.4, 0.5) is 5.69 Å². The van der Waals surface area contributed by atoms with Crippen LogP contribution in [-0.2, 0) is 5.41 Å². The van der Waals surface area contributed by atoms with Crippen molar-refractivity contribution in [1.82, 2.24) is 0 Å². The molecule has 0 bridgehead atoms. The fourth-order valence-corrected chi connectivity index (χ4v) is 4.75. The van der Waals surface area contributed by atoms with Crippen molar-refractivity contribution in [2.45, 2.75) is 51.5 Å². The molecule has 0 radical (unpaired) electrons. The Balaban J connectivity index is 1.91. The van der Waals surface area contributed by atoms with Gasteiger partial charge in [0.2, 0.25) is 0 Å². The Kier molecular flexibility index (Phi) is 2.82. The van der Waals surface area contributed by atoms with Gasteiger partial charge in [-0.2, -0.15) is 0 Å². The molecule has 2 aliphatic rings. The zero-order valence-corrected chi connectivity index (χ0v) is 13.3. The van der Waals surface area contributed by atoms with E-state index in [4.69, 9.17) is 0 Å². The molecule has 1 heteroatoms. The Morgan fingerprint density at radius 2 is 1.86 bits per heavy atom. The van der Waals surface area contributed by atoms with Crippen LogP contribution in [0.25, 0.3) is 10.8 Å². The SMILES string of the molecule is C[C@H]1CC[C@H]2[C@H](C1)Nc1c(ccc3ccccc13)C2(C)C. The molecule has 1 saturated carbocycles. The highest BCUT2D eigenvalue weighted by Gasteiger charge is 2.44. The van der Waals surface area contributed by atoms with Gasteiger partial charge in [0.15, 0.2) is 0 Å². The molecule has 4 rings (SSSR count). The molecule has 0 unspecified atom stereocenters. The van der Waals surface area contributed by atoms with Gasteiger partial charge in [0.05, 0.1) is 0 Å². The minimum atomic E-state index is 0.273. The monoisotopic (exact) mass is 279 g/mol. The lowest BCUT2D eigenvalue weighted by molar-refractivity contribution is 0.174. The van der Waals surface area contributed by atoms with E-state index < -0.39 is 0 Å². The van der Waals surface area contributed by atoms with Crippen LogP contribution in [0.5, 0.6) is 0 Å². The van der Waals surface area contributed by atoms with Crippen molar-refractivity contribution < 1.29 is 0 Å². The van der Waals surface area contributed by atoms with Crippen molar-refractivity contribution in [2.75, 3.05) is 5.32 Å². The van der Waals surface area contributed by atoms with Gasteiger partial charge in [-0.05, 0) is 41.0 Å². The smallest absolute Gasteiger partial charge is 0.0460 e. The number of nitrogens with one attached hydrogen (secondary N) is 1. The highest BCUT2D eigenvalue weighted by molar-refractivity contribution is 5.96. The van der Waals surface area contributed by atoms with Crippen molar-refractivity contribution in [1.29, 1.82) is 0 Å². The van der Waals surface area contributed by atoms with E-state index >= 15 is 0 Å². The number of anilines is 1. The molecular formula is C20H25N. The van der Waals surface area contributed by atoms with E-state index in [1.165, 1.54) is 41.3 Å². The molecule has 21 heavy (non-hydrogen) atoms. The summed E-state index contributed by atoms with van der Waals surface area (Å²) < 4.78 is 0. The second-order valence-electron chi connectivity index (χ2n) is 7.71. The van der Waals surface area contributed by atoms with E-state index in [0.29, 0.717) is 6.04 Å². The lowest BCUT2D eigenvalue weighted by Crippen LogP contribution is -2.49. The molecule has 110 valence electrons. The quantitative estimate of drug-likeness (QED) is 0.685. The molecule has 0 spiro atoms. The summed E-state index contributed by atoms with van der Waals surface area (Å²) in [6.07, 6.45) is 4.06. The van der Waals surface area contributed by atoms with Crippen LogP contribution in [0.1, 0.15) is 45.6 Å². The van der Waals surface area contributed by atoms with Crippen LogP contribution >= 0.6 is 0 Å². The molecular weight excluding hydrogens is 254 g/mol. The van der Waals surface area contributed by atoms with Crippen LogP contribution in [0, 0.1) is 11.8 Å². The molecule has 3 atom stereocenters. The maximum absolute atomic E-state index is 3.93. The van der Waals surface area contributed by atoms with E-state index in [-0.39, 0.29) is 5.41 Å². The number of hydrogen-bond acceptors (Lipinski definition) is 1. The number of hydrogen-bond donors (Lipinski definition) is 1. The van der Waals surface area contributed by atoms with E-state index in [1.54, 1.807) is 0 Å². The van der Waals surface area contributed by atoms with Crippen LogP contribution in [0.3, 0.4) is 0 Å². The number of fused-ring (bicyclic) bond motifs is 4. The summed E-state index contributed by atoms with van der Waals surface area (Å²) in [5.74, 6) is 1.62. The molecule has 1 aliphatic carbocycles. The van der Waals surface area contributed by atoms with Crippen molar-refractivity contribution in [3.05, 3.63) is 42.0 Å². The second kappa shape index (κ2) is 4.50. The molecule has 2 aromatic carbocycles. The Labute approximate surface area is 127 Å². The summed E-state index contributed by atoms with van der Waals surface area (Å²) in [7, 11) is 0. The maximum Gasteiger partial charge on any atom is 0.0460 e. The van der Waals surface area contributed by atoms with Crippen LogP contribution in [0.15, 0.2) is 36.4 Å². The van der Waals surface area contributed by atoms with Crippen molar-refractivity contribution >= 4 is 16.5 Å². The molecule has 1 aliphatic heterocycles. The van der Waals surface area contributed by atoms with Gasteiger partial charge < -0.3 is 5.32 Å². The van der Waals surface area contributed by atoms with Crippen LogP contribution in [-0.4, -0.2) is 6.04 Å². The lowest BCUT2D eigenvalue weighted by atomic mass is 9.61. The first-order valence-corrected chi connectivity index (χ1v) is 8.36. The standard InChI is InChI=1S/C20H25N/c1-13-8-10-16-18(12-13)21-19-15-7-5-4-6-14(15)9-11-17(19)20(16,2)3/h4-7,9,11,13,16,18,21H,8,10,12H2,1-3H3/t13-,16-,18-/m0/s1. The topological polar surface area (TPSA) is 12.0 Å². The number of rotatable bonds is 0. The molecule has 1 N–H and O–H groups in total. The average Bonchev–Trinajstić information content (AvgIpc) is 2.46. The molecule has 1 fully saturated rings. The summed E-state index contributed by atoms with van der Waals surface area (Å²) in [6.45, 7) is 7.31. The first-order chi connectivity index (χ1) is 10.1. The zero-order chi connectivity index (χ0) is 14.6. The van der Waals surface area contributed by atoms with Gasteiger partial charge >= 0.3 is 0 Å². The first kappa shape index (κ1) is 13.2. The highest BCUT2D eigenvalue weighted by atomic mass is 15.0. The molecule has 2 aromatic rings. The fraction of sp³-hybridized carbons (Fsp3) is 0.500. The molecule has 1 nitrogen and oxygen atoms in total. The lowest BCUT2D eigenvalue weighted by Gasteiger charge is -2.50. The van der Waals surface area contributed by atoms with Gasteiger partial charge in [0.1, 0.15) is 0 Å². The minimum Gasteiger partial charge on any atom is -0.381 e. The normalized spacial score (nSPS) is 30.3. The van der Waals surface area contributed by atoms with E-state index in [0.717, 1.165) is 11.8 Å². The molecule has 0 amide bonds.